The number of nitrogens with zero attached hydrogens (tertiary/aromatic N) is 6. The quantitative estimate of drug-likeness (QED) is 0.431. The largest absolute Gasteiger partial charge is 0.340 e. The Morgan fingerprint density at radius 3 is 3.00 bits per heavy atom. The molecule has 1 aromatic heterocycles. The molecule has 1 fully saturated rings. The molecule has 0 unspecified atom stereocenters. The molecular weight excluding hydrogens is 208 g/mol. The van der Waals surface area contributed by atoms with Gasteiger partial charge in [0.1, 0.15) is 6.04 Å². The van der Waals surface area contributed by atoms with E-state index in [0.29, 0.717) is 13.1 Å². The number of amides is 1. The molecule has 0 spiro atoms. The average Bonchev–Trinajstić information content (AvgIpc) is 2.74. The molecule has 2 heterocycles. The summed E-state index contributed by atoms with van der Waals surface area (Å²) in [5, 5.41) is 7.57. The SMILES string of the molecule is C[C@@H](C(=O)N1CC(N=[N+]=[N-])C1)n1cccn1. The molecule has 16 heavy (non-hydrogen) atoms. The van der Waals surface area contributed by atoms with Gasteiger partial charge >= 0.3 is 0 Å². The number of aromatic nitrogens is 2. The minimum Gasteiger partial charge on any atom is -0.340 e. The first-order valence-electron chi connectivity index (χ1n) is 5.04. The fraction of sp³-hybridized carbons (Fsp3) is 0.556. The Morgan fingerprint density at radius 2 is 2.44 bits per heavy atom. The molecule has 0 bridgehead atoms. The van der Waals surface area contributed by atoms with Gasteiger partial charge in [-0.3, -0.25) is 9.48 Å². The lowest BCUT2D eigenvalue weighted by Crippen LogP contribution is -2.54. The first-order valence-corrected chi connectivity index (χ1v) is 5.04. The Morgan fingerprint density at radius 1 is 1.69 bits per heavy atom. The minimum atomic E-state index is -0.304. The topological polar surface area (TPSA) is 86.9 Å². The fourth-order valence-electron chi connectivity index (χ4n) is 1.67. The fourth-order valence-corrected chi connectivity index (χ4v) is 1.67. The molecule has 1 aliphatic heterocycles. The first kappa shape index (κ1) is 10.5. The van der Waals surface area contributed by atoms with Crippen molar-refractivity contribution in [1.29, 1.82) is 0 Å². The normalized spacial score (nSPS) is 17.4. The Kier molecular flexibility index (Phi) is 2.78. The minimum absolute atomic E-state index is 0.00749. The standard InChI is InChI=1S/C9H12N6O/c1-7(15-4-2-3-11-15)9(16)14-5-8(6-14)12-13-10/h2-4,7-8H,5-6H2,1H3/t7-/m0/s1. The summed E-state index contributed by atoms with van der Waals surface area (Å²) in [4.78, 5) is 16.3. The molecule has 0 radical (unpaired) electrons. The van der Waals surface area contributed by atoms with Crippen molar-refractivity contribution >= 4 is 5.91 Å². The van der Waals surface area contributed by atoms with Gasteiger partial charge in [0, 0.05) is 30.4 Å². The van der Waals surface area contributed by atoms with Crippen LogP contribution in [0, 0.1) is 0 Å². The van der Waals surface area contributed by atoms with Crippen molar-refractivity contribution in [1.82, 2.24) is 14.7 Å². The smallest absolute Gasteiger partial charge is 0.247 e. The summed E-state index contributed by atoms with van der Waals surface area (Å²) < 4.78 is 1.61. The van der Waals surface area contributed by atoms with Crippen molar-refractivity contribution in [2.24, 2.45) is 5.11 Å². The molecule has 7 nitrogen and oxygen atoms in total. The van der Waals surface area contributed by atoms with Gasteiger partial charge in [-0.2, -0.15) is 5.10 Å². The van der Waals surface area contributed by atoms with Crippen LogP contribution in [0.15, 0.2) is 23.6 Å². The van der Waals surface area contributed by atoms with E-state index in [9.17, 15) is 4.79 Å². The Labute approximate surface area is 92.3 Å². The second-order valence-corrected chi connectivity index (χ2v) is 3.76. The van der Waals surface area contributed by atoms with E-state index in [1.54, 1.807) is 35.0 Å². The third-order valence-electron chi connectivity index (χ3n) is 2.67. The zero-order chi connectivity index (χ0) is 11.5. The summed E-state index contributed by atoms with van der Waals surface area (Å²) in [5.41, 5.74) is 8.23. The van der Waals surface area contributed by atoms with Gasteiger partial charge in [0.25, 0.3) is 0 Å². The van der Waals surface area contributed by atoms with Gasteiger partial charge in [0.15, 0.2) is 0 Å². The van der Waals surface area contributed by atoms with Crippen LogP contribution in [-0.4, -0.2) is 39.7 Å². The van der Waals surface area contributed by atoms with Gasteiger partial charge in [0.2, 0.25) is 5.91 Å². The van der Waals surface area contributed by atoms with Crippen molar-refractivity contribution in [2.75, 3.05) is 13.1 Å². The van der Waals surface area contributed by atoms with Crippen LogP contribution >= 0.6 is 0 Å². The van der Waals surface area contributed by atoms with Crippen LogP contribution in [0.1, 0.15) is 13.0 Å². The molecule has 1 amide bonds. The van der Waals surface area contributed by atoms with E-state index >= 15 is 0 Å². The summed E-state index contributed by atoms with van der Waals surface area (Å²) in [7, 11) is 0. The van der Waals surface area contributed by atoms with Crippen LogP contribution in [0.4, 0.5) is 0 Å². The molecule has 0 saturated carbocycles. The highest BCUT2D eigenvalue weighted by molar-refractivity contribution is 5.80. The number of hydrogen-bond donors (Lipinski definition) is 0. The lowest BCUT2D eigenvalue weighted by atomic mass is 10.1. The van der Waals surface area contributed by atoms with Gasteiger partial charge < -0.3 is 4.90 Å². The Hall–Kier alpha value is -2.01. The van der Waals surface area contributed by atoms with E-state index in [2.05, 4.69) is 15.1 Å². The maximum Gasteiger partial charge on any atom is 0.247 e. The van der Waals surface area contributed by atoms with E-state index in [0.717, 1.165) is 0 Å². The molecule has 1 aliphatic rings. The van der Waals surface area contributed by atoms with Crippen LogP contribution < -0.4 is 0 Å². The first-order chi connectivity index (χ1) is 7.72. The van der Waals surface area contributed by atoms with Crippen molar-refractivity contribution < 1.29 is 4.79 Å². The highest BCUT2D eigenvalue weighted by Crippen LogP contribution is 2.17. The van der Waals surface area contributed by atoms with E-state index < -0.39 is 0 Å². The second-order valence-electron chi connectivity index (χ2n) is 3.76. The van der Waals surface area contributed by atoms with Crippen LogP contribution in [0.25, 0.3) is 10.4 Å². The van der Waals surface area contributed by atoms with Gasteiger partial charge in [0.05, 0.1) is 6.04 Å². The van der Waals surface area contributed by atoms with Crippen LogP contribution in [-0.2, 0) is 4.79 Å². The molecule has 84 valence electrons. The zero-order valence-corrected chi connectivity index (χ0v) is 8.89. The summed E-state index contributed by atoms with van der Waals surface area (Å²) in [5.74, 6) is 0.00749. The predicted octanol–water partition coefficient (Wildman–Crippen LogP) is 0.965. The highest BCUT2D eigenvalue weighted by atomic mass is 16.2. The molecule has 1 aromatic rings. The highest BCUT2D eigenvalue weighted by Gasteiger charge is 2.32. The van der Waals surface area contributed by atoms with Crippen LogP contribution in [0.3, 0.4) is 0 Å². The van der Waals surface area contributed by atoms with Crippen molar-refractivity contribution in [3.63, 3.8) is 0 Å². The summed E-state index contributed by atoms with van der Waals surface area (Å²) in [6.07, 6.45) is 3.40. The van der Waals surface area contributed by atoms with Gasteiger partial charge in [-0.25, -0.2) is 0 Å². The number of carbonyl (C=O) groups is 1. The van der Waals surface area contributed by atoms with Crippen molar-refractivity contribution in [3.05, 3.63) is 28.9 Å². The molecule has 1 atom stereocenters. The third-order valence-corrected chi connectivity index (χ3v) is 2.67. The van der Waals surface area contributed by atoms with E-state index in [4.69, 9.17) is 5.53 Å². The molecule has 0 aromatic carbocycles. The number of carbonyl (C=O) groups excluding carboxylic acids is 1. The summed E-state index contributed by atoms with van der Waals surface area (Å²) >= 11 is 0. The number of rotatable bonds is 3. The van der Waals surface area contributed by atoms with Gasteiger partial charge in [-0.15, -0.1) is 0 Å². The third kappa shape index (κ3) is 1.85. The zero-order valence-electron chi connectivity index (χ0n) is 8.89. The number of hydrogen-bond acceptors (Lipinski definition) is 3. The molecular formula is C9H12N6O. The van der Waals surface area contributed by atoms with Crippen LogP contribution in [0.5, 0.6) is 0 Å². The predicted molar refractivity (Wildman–Crippen MR) is 56.5 cm³/mol. The molecule has 0 aliphatic carbocycles. The molecule has 1 saturated heterocycles. The molecule has 2 rings (SSSR count). The maximum atomic E-state index is 11.9. The lowest BCUT2D eigenvalue weighted by molar-refractivity contribution is -0.138. The second kappa shape index (κ2) is 4.24. The Balaban J connectivity index is 1.93. The molecule has 0 N–H and O–H groups in total. The van der Waals surface area contributed by atoms with Crippen LogP contribution in [0.2, 0.25) is 0 Å². The lowest BCUT2D eigenvalue weighted by Gasteiger charge is -2.38. The van der Waals surface area contributed by atoms with Crippen molar-refractivity contribution in [2.45, 2.75) is 19.0 Å². The monoisotopic (exact) mass is 220 g/mol. The summed E-state index contributed by atoms with van der Waals surface area (Å²) in [6, 6.07) is 1.41. The van der Waals surface area contributed by atoms with Gasteiger partial charge in [-0.05, 0) is 18.5 Å². The van der Waals surface area contributed by atoms with Gasteiger partial charge in [-0.1, -0.05) is 5.11 Å². The van der Waals surface area contributed by atoms with E-state index in [1.807, 2.05) is 0 Å². The summed E-state index contributed by atoms with van der Waals surface area (Å²) in [6.45, 7) is 2.82. The van der Waals surface area contributed by atoms with E-state index in [1.165, 1.54) is 0 Å². The van der Waals surface area contributed by atoms with E-state index in [-0.39, 0.29) is 18.0 Å². The number of azide groups is 1. The number of likely N-dealkylation sites (tertiary alicyclic amines) is 1. The average molecular weight is 220 g/mol. The molecule has 7 heteroatoms. The Bertz CT molecular complexity index is 415. The van der Waals surface area contributed by atoms with Crippen molar-refractivity contribution in [3.8, 4) is 0 Å². The maximum absolute atomic E-state index is 11.9.